The number of anilines is 1. The van der Waals surface area contributed by atoms with Crippen molar-refractivity contribution in [2.75, 3.05) is 19.4 Å². The van der Waals surface area contributed by atoms with Crippen molar-refractivity contribution in [2.45, 2.75) is 12.5 Å². The predicted octanol–water partition coefficient (Wildman–Crippen LogP) is -0.470. The minimum atomic E-state index is -1.01. The highest BCUT2D eigenvalue weighted by atomic mass is 16.2. The fraction of sp³-hybridized carbons (Fsp3) is 0.308. The quantitative estimate of drug-likeness (QED) is 0.674. The summed E-state index contributed by atoms with van der Waals surface area (Å²) in [6.07, 6.45) is -0.234. The molecule has 0 saturated carbocycles. The van der Waals surface area contributed by atoms with Crippen molar-refractivity contribution in [3.63, 3.8) is 0 Å². The van der Waals surface area contributed by atoms with Crippen LogP contribution in [0.15, 0.2) is 24.3 Å². The van der Waals surface area contributed by atoms with E-state index in [-0.39, 0.29) is 12.3 Å². The second kappa shape index (κ2) is 6.67. The summed E-state index contributed by atoms with van der Waals surface area (Å²) in [5.41, 5.74) is 11.4. The van der Waals surface area contributed by atoms with E-state index in [1.807, 2.05) is 0 Å². The number of benzene rings is 1. The summed E-state index contributed by atoms with van der Waals surface area (Å²) in [7, 11) is 3.27. The van der Waals surface area contributed by atoms with Crippen LogP contribution in [-0.4, -0.2) is 42.8 Å². The highest BCUT2D eigenvalue weighted by Gasteiger charge is 2.16. The third-order valence-corrected chi connectivity index (χ3v) is 2.54. The van der Waals surface area contributed by atoms with Crippen molar-refractivity contribution < 1.29 is 14.4 Å². The van der Waals surface area contributed by atoms with E-state index in [9.17, 15) is 14.4 Å². The molecule has 7 nitrogen and oxygen atoms in total. The minimum Gasteiger partial charge on any atom is -0.370 e. The molecule has 3 amide bonds. The van der Waals surface area contributed by atoms with Gasteiger partial charge in [-0.1, -0.05) is 6.07 Å². The third kappa shape index (κ3) is 4.36. The number of hydrogen-bond donors (Lipinski definition) is 3. The molecule has 1 aromatic carbocycles. The molecule has 1 unspecified atom stereocenters. The number of nitrogens with two attached hydrogens (primary N) is 2. The molecule has 0 radical (unpaired) electrons. The Balaban J connectivity index is 2.78. The SMILES string of the molecule is CN(C)C(=O)c1cccc(NC(=O)C(N)CC(N)=O)c1. The van der Waals surface area contributed by atoms with Gasteiger partial charge in [0, 0.05) is 25.3 Å². The molecule has 0 aliphatic rings. The Bertz CT molecular complexity index is 528. The number of amides is 3. The first kappa shape index (κ1) is 15.6. The van der Waals surface area contributed by atoms with Crippen LogP contribution < -0.4 is 16.8 Å². The Hall–Kier alpha value is -2.41. The van der Waals surface area contributed by atoms with E-state index in [1.165, 1.54) is 11.0 Å². The first-order chi connectivity index (χ1) is 9.31. The molecule has 1 atom stereocenters. The van der Waals surface area contributed by atoms with Crippen molar-refractivity contribution >= 4 is 23.4 Å². The van der Waals surface area contributed by atoms with Crippen molar-refractivity contribution in [1.82, 2.24) is 4.90 Å². The van der Waals surface area contributed by atoms with Crippen molar-refractivity contribution in [2.24, 2.45) is 11.5 Å². The van der Waals surface area contributed by atoms with Crippen LogP contribution in [0.1, 0.15) is 16.8 Å². The number of carbonyl (C=O) groups excluding carboxylic acids is 3. The van der Waals surface area contributed by atoms with Crippen LogP contribution in [0.3, 0.4) is 0 Å². The normalized spacial score (nSPS) is 11.6. The van der Waals surface area contributed by atoms with E-state index in [4.69, 9.17) is 11.5 Å². The lowest BCUT2D eigenvalue weighted by molar-refractivity contribution is -0.123. The molecule has 0 aliphatic carbocycles. The first-order valence-corrected chi connectivity index (χ1v) is 5.97. The van der Waals surface area contributed by atoms with E-state index in [0.29, 0.717) is 11.3 Å². The number of rotatable bonds is 5. The first-order valence-electron chi connectivity index (χ1n) is 5.97. The fourth-order valence-electron chi connectivity index (χ4n) is 1.53. The summed E-state index contributed by atoms with van der Waals surface area (Å²) in [6, 6.07) is 5.44. The largest absolute Gasteiger partial charge is 0.370 e. The summed E-state index contributed by atoms with van der Waals surface area (Å²) in [5, 5.41) is 2.54. The van der Waals surface area contributed by atoms with Gasteiger partial charge in [-0.3, -0.25) is 14.4 Å². The maximum Gasteiger partial charge on any atom is 0.253 e. The van der Waals surface area contributed by atoms with Gasteiger partial charge >= 0.3 is 0 Å². The topological polar surface area (TPSA) is 119 Å². The summed E-state index contributed by atoms with van der Waals surface area (Å²) in [6.45, 7) is 0. The molecule has 0 aliphatic heterocycles. The molecule has 0 fully saturated rings. The average molecular weight is 278 g/mol. The lowest BCUT2D eigenvalue weighted by atomic mass is 10.1. The highest BCUT2D eigenvalue weighted by Crippen LogP contribution is 2.12. The van der Waals surface area contributed by atoms with E-state index >= 15 is 0 Å². The second-order valence-electron chi connectivity index (χ2n) is 4.55. The molecule has 0 heterocycles. The van der Waals surface area contributed by atoms with Gasteiger partial charge in [0.1, 0.15) is 0 Å². The molecule has 1 aromatic rings. The monoisotopic (exact) mass is 278 g/mol. The van der Waals surface area contributed by atoms with Crippen LogP contribution in [0.2, 0.25) is 0 Å². The summed E-state index contributed by atoms with van der Waals surface area (Å²) < 4.78 is 0. The molecule has 108 valence electrons. The van der Waals surface area contributed by atoms with E-state index < -0.39 is 17.9 Å². The number of nitrogens with one attached hydrogen (secondary N) is 1. The van der Waals surface area contributed by atoms with Crippen LogP contribution in [0.4, 0.5) is 5.69 Å². The number of hydrogen-bond acceptors (Lipinski definition) is 4. The minimum absolute atomic E-state index is 0.178. The van der Waals surface area contributed by atoms with Gasteiger partial charge in [0.15, 0.2) is 0 Å². The van der Waals surface area contributed by atoms with Crippen molar-refractivity contribution in [3.8, 4) is 0 Å². The summed E-state index contributed by atoms with van der Waals surface area (Å²) in [5.74, 6) is -1.36. The third-order valence-electron chi connectivity index (χ3n) is 2.54. The molecular formula is C13H18N4O3. The Labute approximate surface area is 116 Å². The van der Waals surface area contributed by atoms with E-state index in [2.05, 4.69) is 5.32 Å². The molecule has 0 bridgehead atoms. The summed E-state index contributed by atoms with van der Waals surface area (Å²) >= 11 is 0. The number of nitrogens with zero attached hydrogens (tertiary/aromatic N) is 1. The van der Waals surface area contributed by atoms with Gasteiger partial charge in [-0.05, 0) is 18.2 Å². The van der Waals surface area contributed by atoms with Gasteiger partial charge < -0.3 is 21.7 Å². The lowest BCUT2D eigenvalue weighted by Crippen LogP contribution is -2.39. The Morgan fingerprint density at radius 1 is 1.30 bits per heavy atom. The zero-order chi connectivity index (χ0) is 15.3. The van der Waals surface area contributed by atoms with Crippen LogP contribution in [0.5, 0.6) is 0 Å². The maximum absolute atomic E-state index is 11.8. The zero-order valence-corrected chi connectivity index (χ0v) is 11.4. The fourth-order valence-corrected chi connectivity index (χ4v) is 1.53. The Morgan fingerprint density at radius 3 is 2.50 bits per heavy atom. The molecule has 0 spiro atoms. The van der Waals surface area contributed by atoms with Crippen LogP contribution in [0, 0.1) is 0 Å². The van der Waals surface area contributed by atoms with E-state index in [0.717, 1.165) is 0 Å². The van der Waals surface area contributed by atoms with Gasteiger partial charge in [0.25, 0.3) is 5.91 Å². The van der Waals surface area contributed by atoms with Crippen molar-refractivity contribution in [3.05, 3.63) is 29.8 Å². The average Bonchev–Trinajstić information content (AvgIpc) is 2.37. The smallest absolute Gasteiger partial charge is 0.253 e. The molecule has 1 rings (SSSR count). The van der Waals surface area contributed by atoms with Gasteiger partial charge in [0.2, 0.25) is 11.8 Å². The van der Waals surface area contributed by atoms with Crippen molar-refractivity contribution in [1.29, 1.82) is 0 Å². The molecular weight excluding hydrogens is 260 g/mol. The van der Waals surface area contributed by atoms with Gasteiger partial charge in [-0.15, -0.1) is 0 Å². The van der Waals surface area contributed by atoms with Gasteiger partial charge in [-0.2, -0.15) is 0 Å². The van der Waals surface area contributed by atoms with Gasteiger partial charge in [-0.25, -0.2) is 0 Å². The van der Waals surface area contributed by atoms with Crippen LogP contribution in [-0.2, 0) is 9.59 Å². The predicted molar refractivity (Wildman–Crippen MR) is 74.9 cm³/mol. The molecule has 5 N–H and O–H groups in total. The second-order valence-corrected chi connectivity index (χ2v) is 4.55. The Morgan fingerprint density at radius 2 is 1.95 bits per heavy atom. The number of primary amides is 1. The van der Waals surface area contributed by atoms with Crippen LogP contribution in [0.25, 0.3) is 0 Å². The van der Waals surface area contributed by atoms with Gasteiger partial charge in [0.05, 0.1) is 12.5 Å². The lowest BCUT2D eigenvalue weighted by Gasteiger charge is -2.13. The van der Waals surface area contributed by atoms with E-state index in [1.54, 1.807) is 32.3 Å². The maximum atomic E-state index is 11.8. The highest BCUT2D eigenvalue weighted by molar-refractivity contribution is 5.99. The number of carbonyl (C=O) groups is 3. The molecule has 20 heavy (non-hydrogen) atoms. The van der Waals surface area contributed by atoms with Crippen LogP contribution >= 0.6 is 0 Å². The molecule has 7 heteroatoms. The Kier molecular flexibility index (Phi) is 5.22. The molecule has 0 aromatic heterocycles. The standard InChI is InChI=1S/C13H18N4O3/c1-17(2)13(20)8-4-3-5-9(6-8)16-12(19)10(14)7-11(15)18/h3-6,10H,7,14H2,1-2H3,(H2,15,18)(H,16,19). The zero-order valence-electron chi connectivity index (χ0n) is 11.4. The summed E-state index contributed by atoms with van der Waals surface area (Å²) in [4.78, 5) is 35.6. The molecule has 0 saturated heterocycles.